The number of hydrogen-bond acceptors (Lipinski definition) is 3. The lowest BCUT2D eigenvalue weighted by Gasteiger charge is -2.10. The number of anilines is 1. The molecule has 0 aliphatic heterocycles. The maximum absolute atomic E-state index is 12.1. The summed E-state index contributed by atoms with van der Waals surface area (Å²) in [5.41, 5.74) is 7.93. The summed E-state index contributed by atoms with van der Waals surface area (Å²) in [6.45, 7) is 2.05. The number of nitrogens with one attached hydrogen (secondary N) is 2. The summed E-state index contributed by atoms with van der Waals surface area (Å²) >= 11 is 5.11. The molecule has 0 bridgehead atoms. The topological polar surface area (TPSA) is 84.2 Å². The predicted molar refractivity (Wildman–Crippen MR) is 94.5 cm³/mol. The van der Waals surface area contributed by atoms with E-state index >= 15 is 0 Å². The van der Waals surface area contributed by atoms with Crippen LogP contribution in [0.4, 0.5) is 5.69 Å². The maximum atomic E-state index is 12.1. The molecule has 0 aliphatic rings. The second kappa shape index (κ2) is 7.51. The lowest BCUT2D eigenvalue weighted by molar-refractivity contribution is 0.0975. The van der Waals surface area contributed by atoms with Crippen molar-refractivity contribution in [3.63, 3.8) is 0 Å². The van der Waals surface area contributed by atoms with Crippen LogP contribution in [0.1, 0.15) is 33.2 Å². The summed E-state index contributed by atoms with van der Waals surface area (Å²) < 4.78 is 0. The van der Waals surface area contributed by atoms with Gasteiger partial charge in [-0.05, 0) is 60.6 Å². The number of amides is 2. The quantitative estimate of drug-likeness (QED) is 0.753. The van der Waals surface area contributed by atoms with Crippen molar-refractivity contribution in [2.24, 2.45) is 5.73 Å². The van der Waals surface area contributed by atoms with Crippen molar-refractivity contribution in [2.45, 2.75) is 13.3 Å². The fraction of sp³-hybridized carbons (Fsp3) is 0.118. The Kier molecular flexibility index (Phi) is 5.43. The number of carbonyl (C=O) groups excluding carboxylic acids is 2. The maximum Gasteiger partial charge on any atom is 0.257 e. The van der Waals surface area contributed by atoms with Crippen molar-refractivity contribution in [3.8, 4) is 0 Å². The highest BCUT2D eigenvalue weighted by molar-refractivity contribution is 7.80. The lowest BCUT2D eigenvalue weighted by atomic mass is 10.1. The number of aryl methyl sites for hydroxylation is 1. The minimum absolute atomic E-state index is 0.182. The Labute approximate surface area is 139 Å². The number of hydrogen-bond donors (Lipinski definition) is 3. The van der Waals surface area contributed by atoms with E-state index in [1.807, 2.05) is 12.1 Å². The Bertz CT molecular complexity index is 725. The number of nitrogens with two attached hydrogens (primary N) is 1. The summed E-state index contributed by atoms with van der Waals surface area (Å²) in [5, 5.41) is 5.67. The molecule has 0 aromatic heterocycles. The van der Waals surface area contributed by atoms with Gasteiger partial charge in [0.05, 0.1) is 0 Å². The van der Waals surface area contributed by atoms with Gasteiger partial charge in [-0.25, -0.2) is 0 Å². The highest BCUT2D eigenvalue weighted by Gasteiger charge is 2.08. The first-order chi connectivity index (χ1) is 11.0. The number of benzene rings is 2. The first kappa shape index (κ1) is 16.6. The molecular weight excluding hydrogens is 310 g/mol. The number of carbonyl (C=O) groups is 2. The standard InChI is InChI=1S/C17H17N3O2S/c1-2-11-3-5-13(6-4-11)16(22)20-17(23)19-14-9-7-12(8-10-14)15(18)21/h3-10H,2H2,1H3,(H2,18,21)(H2,19,20,22,23). The average Bonchev–Trinajstić information content (AvgIpc) is 2.55. The smallest absolute Gasteiger partial charge is 0.257 e. The first-order valence-corrected chi connectivity index (χ1v) is 7.51. The van der Waals surface area contributed by atoms with Crippen LogP contribution in [-0.4, -0.2) is 16.9 Å². The summed E-state index contributed by atoms with van der Waals surface area (Å²) in [6.07, 6.45) is 0.920. The van der Waals surface area contributed by atoms with Gasteiger partial charge < -0.3 is 11.1 Å². The molecule has 0 saturated carbocycles. The molecule has 23 heavy (non-hydrogen) atoms. The molecule has 6 heteroatoms. The summed E-state index contributed by atoms with van der Waals surface area (Å²) in [5.74, 6) is -0.776. The van der Waals surface area contributed by atoms with E-state index in [2.05, 4.69) is 17.6 Å². The molecule has 2 amide bonds. The van der Waals surface area contributed by atoms with Gasteiger partial charge in [-0.3, -0.25) is 14.9 Å². The van der Waals surface area contributed by atoms with Crippen molar-refractivity contribution in [1.82, 2.24) is 5.32 Å². The van der Waals surface area contributed by atoms with Crippen molar-refractivity contribution in [3.05, 3.63) is 65.2 Å². The van der Waals surface area contributed by atoms with E-state index in [1.165, 1.54) is 0 Å². The van der Waals surface area contributed by atoms with Crippen molar-refractivity contribution in [2.75, 3.05) is 5.32 Å². The molecule has 0 spiro atoms. The number of thiocarbonyl (C=S) groups is 1. The Morgan fingerprint density at radius 3 is 2.09 bits per heavy atom. The minimum Gasteiger partial charge on any atom is -0.366 e. The van der Waals surface area contributed by atoms with Gasteiger partial charge in [0.25, 0.3) is 5.91 Å². The monoisotopic (exact) mass is 327 g/mol. The van der Waals surface area contributed by atoms with Crippen LogP contribution < -0.4 is 16.4 Å². The molecular formula is C17H17N3O2S. The Morgan fingerprint density at radius 1 is 1.00 bits per heavy atom. The van der Waals surface area contributed by atoms with Gasteiger partial charge >= 0.3 is 0 Å². The largest absolute Gasteiger partial charge is 0.366 e. The third-order valence-electron chi connectivity index (χ3n) is 3.28. The molecule has 2 aromatic rings. The lowest BCUT2D eigenvalue weighted by Crippen LogP contribution is -2.34. The number of primary amides is 1. The molecule has 0 radical (unpaired) electrons. The van der Waals surface area contributed by atoms with E-state index in [1.54, 1.807) is 36.4 Å². The summed E-state index contributed by atoms with van der Waals surface area (Å²) in [7, 11) is 0. The fourth-order valence-electron chi connectivity index (χ4n) is 1.95. The Hall–Kier alpha value is -2.73. The van der Waals surface area contributed by atoms with Crippen molar-refractivity contribution < 1.29 is 9.59 Å². The third kappa shape index (κ3) is 4.62. The molecule has 118 valence electrons. The molecule has 2 rings (SSSR count). The molecule has 0 unspecified atom stereocenters. The van der Waals surface area contributed by atoms with E-state index < -0.39 is 5.91 Å². The number of rotatable bonds is 4. The fourth-order valence-corrected chi connectivity index (χ4v) is 2.16. The molecule has 0 fully saturated rings. The molecule has 0 aliphatic carbocycles. The average molecular weight is 327 g/mol. The van der Waals surface area contributed by atoms with E-state index in [4.69, 9.17) is 18.0 Å². The van der Waals surface area contributed by atoms with Gasteiger partial charge in [-0.15, -0.1) is 0 Å². The SMILES string of the molecule is CCc1ccc(C(=O)NC(=S)Nc2ccc(C(N)=O)cc2)cc1. The zero-order valence-electron chi connectivity index (χ0n) is 12.6. The van der Waals surface area contributed by atoms with E-state index in [0.717, 1.165) is 12.0 Å². The second-order valence-electron chi connectivity index (χ2n) is 4.90. The summed E-state index contributed by atoms with van der Waals surface area (Å²) in [4.78, 5) is 23.1. The predicted octanol–water partition coefficient (Wildman–Crippen LogP) is 2.47. The van der Waals surface area contributed by atoms with Gasteiger partial charge in [-0.1, -0.05) is 19.1 Å². The second-order valence-corrected chi connectivity index (χ2v) is 5.31. The molecule has 2 aromatic carbocycles. The van der Waals surface area contributed by atoms with Crippen LogP contribution >= 0.6 is 12.2 Å². The highest BCUT2D eigenvalue weighted by Crippen LogP contribution is 2.09. The van der Waals surface area contributed by atoms with Crippen molar-refractivity contribution >= 4 is 34.8 Å². The molecule has 0 heterocycles. The molecule has 5 nitrogen and oxygen atoms in total. The van der Waals surface area contributed by atoms with Gasteiger partial charge in [0.1, 0.15) is 0 Å². The van der Waals surface area contributed by atoms with Gasteiger partial charge in [0, 0.05) is 16.8 Å². The van der Waals surface area contributed by atoms with Crippen LogP contribution in [0.2, 0.25) is 0 Å². The van der Waals surface area contributed by atoms with Crippen LogP contribution in [0.3, 0.4) is 0 Å². The summed E-state index contributed by atoms with van der Waals surface area (Å²) in [6, 6.07) is 13.8. The Balaban J connectivity index is 1.95. The van der Waals surface area contributed by atoms with Gasteiger partial charge in [-0.2, -0.15) is 0 Å². The first-order valence-electron chi connectivity index (χ1n) is 7.10. The highest BCUT2D eigenvalue weighted by atomic mass is 32.1. The van der Waals surface area contributed by atoms with Crippen LogP contribution in [0.25, 0.3) is 0 Å². The third-order valence-corrected chi connectivity index (χ3v) is 3.48. The van der Waals surface area contributed by atoms with Gasteiger partial charge in [0.2, 0.25) is 5.91 Å². The normalized spacial score (nSPS) is 9.96. The molecule has 0 saturated heterocycles. The Morgan fingerprint density at radius 2 is 1.57 bits per heavy atom. The van der Waals surface area contributed by atoms with Crippen LogP contribution in [0.15, 0.2) is 48.5 Å². The van der Waals surface area contributed by atoms with E-state index in [9.17, 15) is 9.59 Å². The zero-order valence-corrected chi connectivity index (χ0v) is 13.4. The van der Waals surface area contributed by atoms with E-state index in [-0.39, 0.29) is 11.0 Å². The van der Waals surface area contributed by atoms with Crippen LogP contribution in [0, 0.1) is 0 Å². The van der Waals surface area contributed by atoms with Crippen molar-refractivity contribution in [1.29, 1.82) is 0 Å². The van der Waals surface area contributed by atoms with Gasteiger partial charge in [0.15, 0.2) is 5.11 Å². The van der Waals surface area contributed by atoms with E-state index in [0.29, 0.717) is 16.8 Å². The van der Waals surface area contributed by atoms with Crippen LogP contribution in [0.5, 0.6) is 0 Å². The molecule has 4 N–H and O–H groups in total. The minimum atomic E-state index is -0.497. The molecule has 0 atom stereocenters. The zero-order chi connectivity index (χ0) is 16.8. The van der Waals surface area contributed by atoms with Crippen LogP contribution in [-0.2, 0) is 6.42 Å².